The Labute approximate surface area is 151 Å². The lowest BCUT2D eigenvalue weighted by molar-refractivity contribution is 0.373. The third-order valence-electron chi connectivity index (χ3n) is 3.50. The Morgan fingerprint density at radius 1 is 0.760 bits per heavy atom. The summed E-state index contributed by atoms with van der Waals surface area (Å²) >= 11 is 5.92. The molecule has 0 heterocycles. The van der Waals surface area contributed by atoms with Crippen LogP contribution in [0.3, 0.4) is 0 Å². The molecule has 3 aromatic rings. The molecule has 0 aliphatic rings. The highest BCUT2D eigenvalue weighted by Gasteiger charge is 2.38. The van der Waals surface area contributed by atoms with Crippen molar-refractivity contribution in [2.24, 2.45) is 5.73 Å². The fourth-order valence-corrected chi connectivity index (χ4v) is 3.99. The zero-order valence-electron chi connectivity index (χ0n) is 13.3. The molecule has 0 radical (unpaired) electrons. The normalized spacial score (nSPS) is 12.4. The van der Waals surface area contributed by atoms with Gasteiger partial charge in [0.15, 0.2) is 5.78 Å². The molecule has 1 atom stereocenters. The Kier molecular flexibility index (Phi) is 5.44. The summed E-state index contributed by atoms with van der Waals surface area (Å²) in [6, 6.07) is 24.4. The number of para-hydroxylation sites is 2. The molecule has 2 N–H and O–H groups in total. The fraction of sp³-hybridized carbons (Fsp3) is 0.0526. The minimum absolute atomic E-state index is 0.422. The molecular weight excluding hydrogens is 357 g/mol. The van der Waals surface area contributed by atoms with E-state index in [-0.39, 0.29) is 0 Å². The SMILES string of the molecule is NC(c1ccc(Cl)cc1)P(=O)(Oc1ccccc1)Oc1ccccc1. The molecule has 0 saturated carbocycles. The Bertz CT molecular complexity index is 811. The van der Waals surface area contributed by atoms with E-state index in [9.17, 15) is 4.57 Å². The first-order valence-corrected chi connectivity index (χ1v) is 9.66. The van der Waals surface area contributed by atoms with Crippen molar-refractivity contribution in [3.63, 3.8) is 0 Å². The smallest absolute Gasteiger partial charge is 0.415 e. The zero-order chi connectivity index (χ0) is 17.7. The minimum atomic E-state index is -3.76. The highest BCUT2D eigenvalue weighted by atomic mass is 35.5. The van der Waals surface area contributed by atoms with E-state index in [1.165, 1.54) is 0 Å². The van der Waals surface area contributed by atoms with Crippen LogP contribution in [0.25, 0.3) is 0 Å². The predicted molar refractivity (Wildman–Crippen MR) is 100 cm³/mol. The van der Waals surface area contributed by atoms with Crippen molar-refractivity contribution in [1.29, 1.82) is 0 Å². The number of halogens is 1. The number of nitrogens with two attached hydrogens (primary N) is 1. The van der Waals surface area contributed by atoms with Crippen LogP contribution in [0.4, 0.5) is 0 Å². The molecule has 0 bridgehead atoms. The summed E-state index contributed by atoms with van der Waals surface area (Å²) in [4.78, 5) is 0. The molecule has 3 aromatic carbocycles. The van der Waals surface area contributed by atoms with Gasteiger partial charge >= 0.3 is 7.60 Å². The zero-order valence-corrected chi connectivity index (χ0v) is 14.9. The average Bonchev–Trinajstić information content (AvgIpc) is 2.63. The number of rotatable bonds is 6. The number of hydrogen-bond acceptors (Lipinski definition) is 4. The van der Waals surface area contributed by atoms with E-state index in [0.717, 1.165) is 0 Å². The lowest BCUT2D eigenvalue weighted by Crippen LogP contribution is -2.18. The summed E-state index contributed by atoms with van der Waals surface area (Å²) in [5, 5.41) is 0.568. The molecule has 0 fully saturated rings. The van der Waals surface area contributed by atoms with Crippen LogP contribution in [-0.2, 0) is 4.57 Å². The van der Waals surface area contributed by atoms with Gasteiger partial charge in [0, 0.05) is 5.02 Å². The second-order valence-corrected chi connectivity index (χ2v) is 7.78. The minimum Gasteiger partial charge on any atom is -0.415 e. The quantitative estimate of drug-likeness (QED) is 0.567. The number of benzene rings is 3. The molecule has 128 valence electrons. The first kappa shape index (κ1) is 17.6. The van der Waals surface area contributed by atoms with Gasteiger partial charge in [0.05, 0.1) is 0 Å². The first-order chi connectivity index (χ1) is 12.1. The van der Waals surface area contributed by atoms with Gasteiger partial charge in [-0.25, -0.2) is 4.57 Å². The molecule has 1 unspecified atom stereocenters. The van der Waals surface area contributed by atoms with E-state index in [1.807, 2.05) is 12.1 Å². The lowest BCUT2D eigenvalue weighted by Gasteiger charge is -2.25. The number of hydrogen-bond donors (Lipinski definition) is 1. The van der Waals surface area contributed by atoms with E-state index >= 15 is 0 Å². The van der Waals surface area contributed by atoms with Crippen LogP contribution < -0.4 is 14.8 Å². The highest BCUT2D eigenvalue weighted by Crippen LogP contribution is 2.57. The van der Waals surface area contributed by atoms with Crippen molar-refractivity contribution in [3.8, 4) is 11.5 Å². The topological polar surface area (TPSA) is 61.6 Å². The standard InChI is InChI=1S/C19H17ClNO3P/c20-16-13-11-15(12-14-16)19(21)25(22,23-17-7-3-1-4-8-17)24-18-9-5-2-6-10-18/h1-14,19H,21H2. The third-order valence-corrected chi connectivity index (χ3v) is 5.67. The first-order valence-electron chi connectivity index (χ1n) is 7.67. The molecule has 0 aromatic heterocycles. The molecular formula is C19H17ClNO3P. The maximum absolute atomic E-state index is 13.5. The molecule has 0 saturated heterocycles. The Hall–Kier alpha value is -2.26. The molecule has 0 aliphatic carbocycles. The second-order valence-electron chi connectivity index (χ2n) is 5.34. The van der Waals surface area contributed by atoms with Gasteiger partial charge in [0.2, 0.25) is 0 Å². The van der Waals surface area contributed by atoms with Crippen LogP contribution in [0.2, 0.25) is 5.02 Å². The van der Waals surface area contributed by atoms with Crippen LogP contribution in [-0.4, -0.2) is 0 Å². The van der Waals surface area contributed by atoms with Gasteiger partial charge in [0.25, 0.3) is 0 Å². The molecule has 0 aliphatic heterocycles. The van der Waals surface area contributed by atoms with E-state index in [0.29, 0.717) is 22.1 Å². The summed E-state index contributed by atoms with van der Waals surface area (Å²) in [6.45, 7) is 0. The Morgan fingerprint density at radius 3 is 1.64 bits per heavy atom. The van der Waals surface area contributed by atoms with Crippen molar-refractivity contribution in [1.82, 2.24) is 0 Å². The van der Waals surface area contributed by atoms with E-state index in [4.69, 9.17) is 26.4 Å². The Morgan fingerprint density at radius 2 is 1.20 bits per heavy atom. The van der Waals surface area contributed by atoms with Gasteiger partial charge in [0.1, 0.15) is 11.5 Å². The largest absolute Gasteiger partial charge is 0.451 e. The monoisotopic (exact) mass is 373 g/mol. The van der Waals surface area contributed by atoms with Crippen LogP contribution >= 0.6 is 19.2 Å². The Balaban J connectivity index is 1.95. The van der Waals surface area contributed by atoms with Gasteiger partial charge in [-0.3, -0.25) is 0 Å². The van der Waals surface area contributed by atoms with Gasteiger partial charge in [-0.2, -0.15) is 0 Å². The maximum Gasteiger partial charge on any atom is 0.451 e. The molecule has 4 nitrogen and oxygen atoms in total. The van der Waals surface area contributed by atoms with Gasteiger partial charge in [-0.1, -0.05) is 60.1 Å². The maximum atomic E-state index is 13.5. The molecule has 3 rings (SSSR count). The van der Waals surface area contributed by atoms with E-state index in [2.05, 4.69) is 0 Å². The van der Waals surface area contributed by atoms with Crippen molar-refractivity contribution in [3.05, 3.63) is 95.5 Å². The van der Waals surface area contributed by atoms with Crippen molar-refractivity contribution in [2.75, 3.05) is 0 Å². The highest BCUT2D eigenvalue weighted by molar-refractivity contribution is 7.55. The van der Waals surface area contributed by atoms with Gasteiger partial charge in [-0.15, -0.1) is 0 Å². The molecule has 6 heteroatoms. The predicted octanol–water partition coefficient (Wildman–Crippen LogP) is 5.65. The summed E-state index contributed by atoms with van der Waals surface area (Å²) in [5.74, 6) is -0.123. The summed E-state index contributed by atoms with van der Waals surface area (Å²) in [7, 11) is -3.76. The molecule has 0 amide bonds. The second kappa shape index (κ2) is 7.75. The van der Waals surface area contributed by atoms with Crippen molar-refractivity contribution in [2.45, 2.75) is 5.78 Å². The van der Waals surface area contributed by atoms with Crippen LogP contribution in [0.1, 0.15) is 11.3 Å². The third kappa shape index (κ3) is 4.43. The molecule has 25 heavy (non-hydrogen) atoms. The van der Waals surface area contributed by atoms with Crippen molar-refractivity contribution < 1.29 is 13.6 Å². The average molecular weight is 374 g/mol. The summed E-state index contributed by atoms with van der Waals surface area (Å²) in [5.41, 5.74) is 6.87. The van der Waals surface area contributed by atoms with Gasteiger partial charge < -0.3 is 14.8 Å². The summed E-state index contributed by atoms with van der Waals surface area (Å²) in [6.07, 6.45) is 0. The van der Waals surface area contributed by atoms with E-state index in [1.54, 1.807) is 72.8 Å². The van der Waals surface area contributed by atoms with Crippen molar-refractivity contribution >= 4 is 19.2 Å². The fourth-order valence-electron chi connectivity index (χ4n) is 2.23. The molecule has 0 spiro atoms. The lowest BCUT2D eigenvalue weighted by atomic mass is 10.2. The van der Waals surface area contributed by atoms with Crippen LogP contribution in [0.5, 0.6) is 11.5 Å². The van der Waals surface area contributed by atoms with Gasteiger partial charge in [-0.05, 0) is 42.0 Å². The summed E-state index contributed by atoms with van der Waals surface area (Å²) < 4.78 is 25.0. The van der Waals surface area contributed by atoms with Crippen LogP contribution in [0.15, 0.2) is 84.9 Å². The van der Waals surface area contributed by atoms with Crippen LogP contribution in [0, 0.1) is 0 Å². The van der Waals surface area contributed by atoms with E-state index < -0.39 is 13.4 Å².